The summed E-state index contributed by atoms with van der Waals surface area (Å²) in [4.78, 5) is 0. The van der Waals surface area contributed by atoms with Crippen molar-refractivity contribution in [1.82, 2.24) is 15.5 Å². The fourth-order valence-electron chi connectivity index (χ4n) is 1.80. The molecule has 0 amide bonds. The van der Waals surface area contributed by atoms with Crippen LogP contribution < -0.4 is 5.32 Å². The molecule has 6 heteroatoms. The van der Waals surface area contributed by atoms with E-state index in [4.69, 9.17) is 16.3 Å². The lowest BCUT2D eigenvalue weighted by atomic mass is 10.1. The highest BCUT2D eigenvalue weighted by atomic mass is 35.5. The molecule has 0 radical (unpaired) electrons. The van der Waals surface area contributed by atoms with Gasteiger partial charge in [-0.1, -0.05) is 35.1 Å². The van der Waals surface area contributed by atoms with Gasteiger partial charge < -0.3 is 10.1 Å². The summed E-state index contributed by atoms with van der Waals surface area (Å²) >= 11 is 7.76. The minimum absolute atomic E-state index is 0.725. The zero-order chi connectivity index (χ0) is 14.4. The van der Waals surface area contributed by atoms with Gasteiger partial charge in [0, 0.05) is 37.2 Å². The molecule has 0 aliphatic carbocycles. The fourth-order valence-corrected chi connectivity index (χ4v) is 2.89. The predicted octanol–water partition coefficient (Wildman–Crippen LogP) is 2.95. The molecular weight excluding hydrogens is 294 g/mol. The lowest BCUT2D eigenvalue weighted by Crippen LogP contribution is -2.21. The molecule has 0 atom stereocenters. The Kier molecular flexibility index (Phi) is 5.91. The molecule has 108 valence electrons. The molecule has 0 fully saturated rings. The molecule has 0 spiro atoms. The van der Waals surface area contributed by atoms with Crippen LogP contribution in [0.15, 0.2) is 18.2 Å². The van der Waals surface area contributed by atoms with Crippen LogP contribution in [0.4, 0.5) is 0 Å². The van der Waals surface area contributed by atoms with E-state index in [0.29, 0.717) is 0 Å². The Morgan fingerprint density at radius 1 is 1.30 bits per heavy atom. The second-order valence-corrected chi connectivity index (χ2v) is 5.88. The Balaban J connectivity index is 1.97. The van der Waals surface area contributed by atoms with Gasteiger partial charge in [0.25, 0.3) is 0 Å². The zero-order valence-corrected chi connectivity index (χ0v) is 13.2. The second kappa shape index (κ2) is 7.69. The van der Waals surface area contributed by atoms with Crippen molar-refractivity contribution in [3.8, 4) is 10.6 Å². The van der Waals surface area contributed by atoms with Gasteiger partial charge in [0.15, 0.2) is 0 Å². The van der Waals surface area contributed by atoms with Crippen LogP contribution in [-0.2, 0) is 11.2 Å². The Morgan fingerprint density at radius 3 is 2.95 bits per heavy atom. The predicted molar refractivity (Wildman–Crippen MR) is 83.5 cm³/mol. The van der Waals surface area contributed by atoms with Gasteiger partial charge in [-0.05, 0) is 18.6 Å². The molecule has 2 aromatic rings. The van der Waals surface area contributed by atoms with Gasteiger partial charge in [0.1, 0.15) is 10.0 Å². The summed E-state index contributed by atoms with van der Waals surface area (Å²) in [7, 11) is 1.70. The summed E-state index contributed by atoms with van der Waals surface area (Å²) in [6.45, 7) is 4.47. The number of rotatable bonds is 7. The smallest absolute Gasteiger partial charge is 0.148 e. The number of hydrogen-bond donors (Lipinski definition) is 1. The van der Waals surface area contributed by atoms with Crippen molar-refractivity contribution in [2.75, 3.05) is 26.8 Å². The SMILES string of the molecule is COCCNCCc1nnc(-c2cccc(Cl)c2C)s1. The number of nitrogens with one attached hydrogen (secondary N) is 1. The van der Waals surface area contributed by atoms with Crippen molar-refractivity contribution >= 4 is 22.9 Å². The first-order valence-electron chi connectivity index (χ1n) is 6.50. The summed E-state index contributed by atoms with van der Waals surface area (Å²) in [5, 5.41) is 14.5. The highest BCUT2D eigenvalue weighted by molar-refractivity contribution is 7.14. The summed E-state index contributed by atoms with van der Waals surface area (Å²) in [6, 6.07) is 5.86. The van der Waals surface area contributed by atoms with E-state index in [1.807, 2.05) is 25.1 Å². The Bertz CT molecular complexity index is 559. The van der Waals surface area contributed by atoms with Crippen LogP contribution in [0.3, 0.4) is 0 Å². The minimum atomic E-state index is 0.725. The average Bonchev–Trinajstić information content (AvgIpc) is 2.90. The van der Waals surface area contributed by atoms with Crippen LogP contribution >= 0.6 is 22.9 Å². The molecule has 0 bridgehead atoms. The van der Waals surface area contributed by atoms with E-state index in [1.54, 1.807) is 18.4 Å². The Labute approximate surface area is 128 Å². The van der Waals surface area contributed by atoms with Gasteiger partial charge in [-0.2, -0.15) is 0 Å². The molecule has 1 heterocycles. The summed E-state index contributed by atoms with van der Waals surface area (Å²) in [5.41, 5.74) is 2.11. The van der Waals surface area contributed by atoms with Gasteiger partial charge in [0.2, 0.25) is 0 Å². The van der Waals surface area contributed by atoms with Crippen LogP contribution in [0.2, 0.25) is 5.02 Å². The zero-order valence-electron chi connectivity index (χ0n) is 11.6. The molecule has 4 nitrogen and oxygen atoms in total. The van der Waals surface area contributed by atoms with E-state index in [-0.39, 0.29) is 0 Å². The highest BCUT2D eigenvalue weighted by Gasteiger charge is 2.10. The van der Waals surface area contributed by atoms with Crippen LogP contribution in [0.25, 0.3) is 10.6 Å². The first kappa shape index (κ1) is 15.4. The molecule has 2 rings (SSSR count). The molecule has 0 aliphatic heterocycles. The van der Waals surface area contributed by atoms with Gasteiger partial charge in [0.05, 0.1) is 6.61 Å². The standard InChI is InChI=1S/C14H18ClN3OS/c1-10-11(4-3-5-12(10)15)14-18-17-13(20-14)6-7-16-8-9-19-2/h3-5,16H,6-9H2,1-2H3. The molecule has 1 aromatic heterocycles. The van der Waals surface area contributed by atoms with Crippen LogP contribution in [-0.4, -0.2) is 37.0 Å². The fraction of sp³-hybridized carbons (Fsp3) is 0.429. The number of halogens is 1. The number of aromatic nitrogens is 2. The van der Waals surface area contributed by atoms with E-state index in [1.165, 1.54) is 0 Å². The summed E-state index contributed by atoms with van der Waals surface area (Å²) < 4.78 is 4.98. The van der Waals surface area contributed by atoms with Gasteiger partial charge in [-0.3, -0.25) is 0 Å². The molecule has 1 N–H and O–H groups in total. The second-order valence-electron chi connectivity index (χ2n) is 4.41. The van der Waals surface area contributed by atoms with Gasteiger partial charge in [-0.25, -0.2) is 0 Å². The first-order chi connectivity index (χ1) is 9.72. The molecule has 0 saturated heterocycles. The molecular formula is C14H18ClN3OS. The molecule has 1 aromatic carbocycles. The van der Waals surface area contributed by atoms with Gasteiger partial charge in [-0.15, -0.1) is 10.2 Å². The van der Waals surface area contributed by atoms with E-state index >= 15 is 0 Å². The topological polar surface area (TPSA) is 47.0 Å². The third-order valence-corrected chi connectivity index (χ3v) is 4.39. The van der Waals surface area contributed by atoms with E-state index in [9.17, 15) is 0 Å². The number of hydrogen-bond acceptors (Lipinski definition) is 5. The maximum absolute atomic E-state index is 6.14. The van der Waals surface area contributed by atoms with E-state index < -0.39 is 0 Å². The third kappa shape index (κ3) is 3.99. The number of methoxy groups -OCH3 is 1. The van der Waals surface area contributed by atoms with Crippen molar-refractivity contribution in [3.05, 3.63) is 33.8 Å². The van der Waals surface area contributed by atoms with Crippen molar-refractivity contribution in [2.45, 2.75) is 13.3 Å². The Hall–Kier alpha value is -1.01. The summed E-state index contributed by atoms with van der Waals surface area (Å²) in [5.74, 6) is 0. The van der Waals surface area contributed by atoms with Crippen LogP contribution in [0.1, 0.15) is 10.6 Å². The van der Waals surface area contributed by atoms with E-state index in [2.05, 4.69) is 15.5 Å². The average molecular weight is 312 g/mol. The van der Waals surface area contributed by atoms with E-state index in [0.717, 1.165) is 52.3 Å². The van der Waals surface area contributed by atoms with Gasteiger partial charge >= 0.3 is 0 Å². The largest absolute Gasteiger partial charge is 0.383 e. The molecule has 20 heavy (non-hydrogen) atoms. The first-order valence-corrected chi connectivity index (χ1v) is 7.69. The quantitative estimate of drug-likeness (QED) is 0.799. The number of nitrogens with zero attached hydrogens (tertiary/aromatic N) is 2. The lowest BCUT2D eigenvalue weighted by Gasteiger charge is -2.02. The lowest BCUT2D eigenvalue weighted by molar-refractivity contribution is 0.199. The Morgan fingerprint density at radius 2 is 2.15 bits per heavy atom. The van der Waals surface area contributed by atoms with Crippen LogP contribution in [0.5, 0.6) is 0 Å². The van der Waals surface area contributed by atoms with Crippen molar-refractivity contribution in [1.29, 1.82) is 0 Å². The van der Waals surface area contributed by atoms with Crippen LogP contribution in [0, 0.1) is 6.92 Å². The van der Waals surface area contributed by atoms with Crippen molar-refractivity contribution in [3.63, 3.8) is 0 Å². The summed E-state index contributed by atoms with van der Waals surface area (Å²) in [6.07, 6.45) is 0.876. The number of benzene rings is 1. The maximum atomic E-state index is 6.14. The normalized spacial score (nSPS) is 10.9. The minimum Gasteiger partial charge on any atom is -0.383 e. The molecule has 0 aliphatic rings. The highest BCUT2D eigenvalue weighted by Crippen LogP contribution is 2.30. The maximum Gasteiger partial charge on any atom is 0.148 e. The van der Waals surface area contributed by atoms with Crippen molar-refractivity contribution in [2.24, 2.45) is 0 Å². The molecule has 0 unspecified atom stereocenters. The monoisotopic (exact) mass is 311 g/mol. The molecule has 0 saturated carbocycles. The number of ether oxygens (including phenoxy) is 1. The third-order valence-electron chi connectivity index (χ3n) is 2.96. The van der Waals surface area contributed by atoms with Crippen molar-refractivity contribution < 1.29 is 4.74 Å².